The van der Waals surface area contributed by atoms with E-state index in [1.165, 1.54) is 41.0 Å². The smallest absolute Gasteiger partial charge is 0.307 e. The van der Waals surface area contributed by atoms with E-state index in [1.807, 2.05) is 6.07 Å². The molecule has 0 aliphatic carbocycles. The third kappa shape index (κ3) is 6.05. The number of sulfone groups is 1. The van der Waals surface area contributed by atoms with Gasteiger partial charge in [0.05, 0.1) is 28.2 Å². The molecule has 0 bridgehead atoms. The topological polar surface area (TPSA) is 150 Å². The van der Waals surface area contributed by atoms with Crippen LogP contribution in [0.15, 0.2) is 65.6 Å². The van der Waals surface area contributed by atoms with Crippen molar-refractivity contribution in [1.82, 2.24) is 4.57 Å². The summed E-state index contributed by atoms with van der Waals surface area (Å²) < 4.78 is 32.4. The molecule has 33 heavy (non-hydrogen) atoms. The molecule has 3 N–H and O–H groups in total. The lowest BCUT2D eigenvalue weighted by Crippen LogP contribution is -2.24. The predicted octanol–water partition coefficient (Wildman–Crippen LogP) is 3.52. The standard InChI is InChI=1S/C23H22N2O7S/c24-14-16-3-5-18(6-4-16)32-19-7-9-20(10-8-19)33(30,31)15-17(23(28)29)2-1-13-25-21(26)11-12-22(25)27/h3-12,17,26-27H,1-2,13,15H2,(H,28,29). The van der Waals surface area contributed by atoms with Gasteiger partial charge in [0.2, 0.25) is 0 Å². The van der Waals surface area contributed by atoms with Gasteiger partial charge < -0.3 is 20.1 Å². The van der Waals surface area contributed by atoms with Crippen molar-refractivity contribution < 1.29 is 33.3 Å². The van der Waals surface area contributed by atoms with E-state index in [4.69, 9.17) is 10.00 Å². The highest BCUT2D eigenvalue weighted by atomic mass is 32.2. The SMILES string of the molecule is N#Cc1ccc(Oc2ccc(S(=O)(=O)CC(CCCn3c(O)ccc3O)C(=O)O)cc2)cc1. The Hall–Kier alpha value is -3.97. The quantitative estimate of drug-likeness (QED) is 0.407. The number of ether oxygens (including phenoxy) is 1. The number of hydrogen-bond acceptors (Lipinski definition) is 7. The molecule has 0 radical (unpaired) electrons. The summed E-state index contributed by atoms with van der Waals surface area (Å²) in [5, 5.41) is 37.6. The Morgan fingerprint density at radius 2 is 1.52 bits per heavy atom. The summed E-state index contributed by atoms with van der Waals surface area (Å²) in [6.45, 7) is 0.149. The van der Waals surface area contributed by atoms with Gasteiger partial charge in [-0.05, 0) is 61.4 Å². The van der Waals surface area contributed by atoms with Crippen molar-refractivity contribution in [1.29, 1.82) is 5.26 Å². The number of nitrogens with zero attached hydrogens (tertiary/aromatic N) is 2. The molecule has 0 amide bonds. The largest absolute Gasteiger partial charge is 0.494 e. The second-order valence-corrected chi connectivity index (χ2v) is 9.40. The number of nitriles is 1. The molecule has 1 unspecified atom stereocenters. The Labute approximate surface area is 190 Å². The van der Waals surface area contributed by atoms with Crippen LogP contribution < -0.4 is 4.74 Å². The van der Waals surface area contributed by atoms with Crippen molar-refractivity contribution in [3.8, 4) is 29.3 Å². The molecule has 0 fully saturated rings. The van der Waals surface area contributed by atoms with E-state index >= 15 is 0 Å². The average Bonchev–Trinajstić information content (AvgIpc) is 3.11. The Morgan fingerprint density at radius 3 is 2.03 bits per heavy atom. The molecule has 10 heteroatoms. The number of hydrogen-bond donors (Lipinski definition) is 3. The maximum Gasteiger partial charge on any atom is 0.307 e. The molecule has 2 aromatic carbocycles. The monoisotopic (exact) mass is 470 g/mol. The number of aliphatic carboxylic acids is 1. The summed E-state index contributed by atoms with van der Waals surface area (Å²) in [5.74, 6) is -2.41. The molecule has 0 aliphatic rings. The van der Waals surface area contributed by atoms with Gasteiger partial charge in [-0.1, -0.05) is 0 Å². The molecule has 0 saturated carbocycles. The van der Waals surface area contributed by atoms with Gasteiger partial charge in [-0.3, -0.25) is 9.36 Å². The highest BCUT2D eigenvalue weighted by molar-refractivity contribution is 7.91. The van der Waals surface area contributed by atoms with E-state index in [9.17, 15) is 28.5 Å². The van der Waals surface area contributed by atoms with Crippen LogP contribution >= 0.6 is 0 Å². The fourth-order valence-corrected chi connectivity index (χ4v) is 4.84. The molecule has 0 spiro atoms. The fraction of sp³-hybridized carbons (Fsp3) is 0.217. The first kappa shape index (κ1) is 23.7. The zero-order valence-electron chi connectivity index (χ0n) is 17.5. The molecular formula is C23H22N2O7S. The number of rotatable bonds is 10. The van der Waals surface area contributed by atoms with Crippen molar-refractivity contribution in [2.24, 2.45) is 5.92 Å². The van der Waals surface area contributed by atoms with Crippen LogP contribution in [0.3, 0.4) is 0 Å². The van der Waals surface area contributed by atoms with Crippen molar-refractivity contribution in [2.75, 3.05) is 5.75 Å². The van der Waals surface area contributed by atoms with Crippen LogP contribution in [0.4, 0.5) is 0 Å². The number of carboxylic acids is 1. The zero-order chi connectivity index (χ0) is 24.0. The zero-order valence-corrected chi connectivity index (χ0v) is 18.3. The van der Waals surface area contributed by atoms with E-state index in [0.29, 0.717) is 17.1 Å². The van der Waals surface area contributed by atoms with E-state index in [2.05, 4.69) is 0 Å². The van der Waals surface area contributed by atoms with Gasteiger partial charge in [0.15, 0.2) is 21.6 Å². The summed E-state index contributed by atoms with van der Waals surface area (Å²) in [6, 6.07) is 16.7. The third-order valence-electron chi connectivity index (χ3n) is 5.04. The van der Waals surface area contributed by atoms with Gasteiger partial charge in [0.25, 0.3) is 0 Å². The van der Waals surface area contributed by atoms with Crippen molar-refractivity contribution in [3.05, 3.63) is 66.2 Å². The molecular weight excluding hydrogens is 448 g/mol. The van der Waals surface area contributed by atoms with Crippen LogP contribution in [-0.4, -0.2) is 40.0 Å². The van der Waals surface area contributed by atoms with Crippen molar-refractivity contribution in [3.63, 3.8) is 0 Å². The van der Waals surface area contributed by atoms with Gasteiger partial charge in [0, 0.05) is 18.7 Å². The van der Waals surface area contributed by atoms with Crippen LogP contribution in [0.25, 0.3) is 0 Å². The highest BCUT2D eigenvalue weighted by Gasteiger charge is 2.26. The Bertz CT molecular complexity index is 1240. The van der Waals surface area contributed by atoms with Crippen LogP contribution in [0.2, 0.25) is 0 Å². The van der Waals surface area contributed by atoms with Gasteiger partial charge in [-0.2, -0.15) is 5.26 Å². The molecule has 1 aromatic heterocycles. The number of carboxylic acid groups (broad SMARTS) is 1. The first-order chi connectivity index (χ1) is 15.7. The summed E-state index contributed by atoms with van der Waals surface area (Å²) >= 11 is 0. The summed E-state index contributed by atoms with van der Waals surface area (Å²) in [6.07, 6.45) is 0.297. The van der Waals surface area contributed by atoms with Gasteiger partial charge in [0.1, 0.15) is 11.5 Å². The summed E-state index contributed by atoms with van der Waals surface area (Å²) in [7, 11) is -3.88. The van der Waals surface area contributed by atoms with E-state index in [0.717, 1.165) is 0 Å². The molecule has 0 aliphatic heterocycles. The molecule has 3 aromatic rings. The molecule has 1 atom stereocenters. The lowest BCUT2D eigenvalue weighted by molar-refractivity contribution is -0.141. The van der Waals surface area contributed by atoms with E-state index in [1.54, 1.807) is 24.3 Å². The minimum absolute atomic E-state index is 0.0263. The van der Waals surface area contributed by atoms with Crippen LogP contribution in [-0.2, 0) is 21.2 Å². The minimum Gasteiger partial charge on any atom is -0.494 e. The van der Waals surface area contributed by atoms with Gasteiger partial charge in [-0.25, -0.2) is 8.42 Å². The van der Waals surface area contributed by atoms with Crippen LogP contribution in [0, 0.1) is 17.2 Å². The highest BCUT2D eigenvalue weighted by Crippen LogP contribution is 2.26. The first-order valence-electron chi connectivity index (χ1n) is 10.0. The van der Waals surface area contributed by atoms with Gasteiger partial charge in [-0.15, -0.1) is 0 Å². The maximum absolute atomic E-state index is 12.8. The van der Waals surface area contributed by atoms with Crippen molar-refractivity contribution in [2.45, 2.75) is 24.3 Å². The summed E-state index contributed by atoms with van der Waals surface area (Å²) in [4.78, 5) is 11.6. The Morgan fingerprint density at radius 1 is 0.970 bits per heavy atom. The van der Waals surface area contributed by atoms with Crippen LogP contribution in [0.5, 0.6) is 23.3 Å². The predicted molar refractivity (Wildman–Crippen MR) is 118 cm³/mol. The Balaban J connectivity index is 1.63. The second-order valence-electron chi connectivity index (χ2n) is 7.37. The van der Waals surface area contributed by atoms with Gasteiger partial charge >= 0.3 is 5.97 Å². The van der Waals surface area contributed by atoms with E-state index < -0.39 is 27.5 Å². The maximum atomic E-state index is 12.8. The second kappa shape index (κ2) is 10.1. The molecule has 9 nitrogen and oxygen atoms in total. The molecule has 3 rings (SSSR count). The Kier molecular flexibility index (Phi) is 7.25. The normalized spacial score (nSPS) is 12.1. The minimum atomic E-state index is -3.88. The number of carbonyl (C=O) groups is 1. The van der Waals surface area contributed by atoms with E-state index in [-0.39, 0.29) is 36.0 Å². The lowest BCUT2D eigenvalue weighted by Gasteiger charge is -2.14. The molecule has 172 valence electrons. The number of aromatic hydroxyl groups is 2. The molecule has 1 heterocycles. The average molecular weight is 471 g/mol. The number of benzene rings is 2. The summed E-state index contributed by atoms with van der Waals surface area (Å²) in [5.41, 5.74) is 0.485. The lowest BCUT2D eigenvalue weighted by atomic mass is 10.1. The fourth-order valence-electron chi connectivity index (χ4n) is 3.26. The molecule has 0 saturated heterocycles. The first-order valence-corrected chi connectivity index (χ1v) is 11.7. The number of aromatic nitrogens is 1. The van der Waals surface area contributed by atoms with Crippen molar-refractivity contribution >= 4 is 15.8 Å². The van der Waals surface area contributed by atoms with Crippen LogP contribution in [0.1, 0.15) is 18.4 Å². The third-order valence-corrected chi connectivity index (χ3v) is 6.87.